The summed E-state index contributed by atoms with van der Waals surface area (Å²) in [6, 6.07) is 2.11. The van der Waals surface area contributed by atoms with Crippen molar-refractivity contribution >= 4 is 5.97 Å². The smallest absolute Gasteiger partial charge is 0.310 e. The van der Waals surface area contributed by atoms with E-state index in [2.05, 4.69) is 9.47 Å². The van der Waals surface area contributed by atoms with Crippen LogP contribution >= 0.6 is 0 Å². The molecule has 3 nitrogen and oxygen atoms in total. The first-order valence-electron chi connectivity index (χ1n) is 4.76. The van der Waals surface area contributed by atoms with E-state index in [1.807, 2.05) is 0 Å². The molecule has 0 atom stereocenters. The molecule has 0 aliphatic heterocycles. The summed E-state index contributed by atoms with van der Waals surface area (Å²) in [5.41, 5.74) is 0.217. The number of methoxy groups -OCH3 is 1. The molecule has 0 amide bonds. The van der Waals surface area contributed by atoms with Crippen LogP contribution in [-0.2, 0) is 16.0 Å². The molecule has 0 unspecified atom stereocenters. The van der Waals surface area contributed by atoms with Gasteiger partial charge < -0.3 is 9.47 Å². The highest BCUT2D eigenvalue weighted by atomic mass is 19.1. The summed E-state index contributed by atoms with van der Waals surface area (Å²) in [4.78, 5) is 11.1. The van der Waals surface area contributed by atoms with Crippen LogP contribution in [0.1, 0.15) is 12.5 Å². The Balaban J connectivity index is 2.87. The van der Waals surface area contributed by atoms with Crippen molar-refractivity contribution in [1.82, 2.24) is 0 Å². The van der Waals surface area contributed by atoms with Gasteiger partial charge in [0.2, 0.25) is 0 Å². The molecule has 0 bridgehead atoms. The molecular weight excluding hydrogens is 218 g/mol. The normalized spacial score (nSPS) is 10.0. The second kappa shape index (κ2) is 5.44. The number of hydrogen-bond donors (Lipinski definition) is 0. The summed E-state index contributed by atoms with van der Waals surface area (Å²) < 4.78 is 35.6. The molecule has 1 aromatic carbocycles. The monoisotopic (exact) mass is 230 g/mol. The molecule has 88 valence electrons. The fourth-order valence-electron chi connectivity index (χ4n) is 1.29. The first-order chi connectivity index (χ1) is 7.58. The maximum atomic E-state index is 13.2. The molecule has 0 radical (unpaired) electrons. The van der Waals surface area contributed by atoms with Gasteiger partial charge in [-0.05, 0) is 24.6 Å². The Hall–Kier alpha value is -1.65. The number of benzene rings is 1. The molecule has 0 aromatic heterocycles. The molecule has 0 N–H and O–H groups in total. The molecular formula is C11H12F2O3. The third kappa shape index (κ3) is 2.92. The number of esters is 1. The molecule has 5 heteroatoms. The largest absolute Gasteiger partial charge is 0.491 e. The van der Waals surface area contributed by atoms with Gasteiger partial charge in [0, 0.05) is 0 Å². The van der Waals surface area contributed by atoms with Crippen molar-refractivity contribution in [1.29, 1.82) is 0 Å². The van der Waals surface area contributed by atoms with Crippen molar-refractivity contribution in [2.24, 2.45) is 0 Å². The number of halogens is 2. The summed E-state index contributed by atoms with van der Waals surface area (Å²) in [5.74, 6) is -2.64. The van der Waals surface area contributed by atoms with Gasteiger partial charge in [-0.15, -0.1) is 0 Å². The SMILES string of the molecule is CCOC(=O)Cc1cc(F)c(OC)c(F)c1. The van der Waals surface area contributed by atoms with Gasteiger partial charge >= 0.3 is 5.97 Å². The Morgan fingerprint density at radius 2 is 1.88 bits per heavy atom. The van der Waals surface area contributed by atoms with Crippen LogP contribution in [-0.4, -0.2) is 19.7 Å². The lowest BCUT2D eigenvalue weighted by atomic mass is 10.1. The fourth-order valence-corrected chi connectivity index (χ4v) is 1.29. The highest BCUT2D eigenvalue weighted by Gasteiger charge is 2.13. The van der Waals surface area contributed by atoms with E-state index in [0.717, 1.165) is 12.1 Å². The highest BCUT2D eigenvalue weighted by Crippen LogP contribution is 2.23. The van der Waals surface area contributed by atoms with Crippen LogP contribution in [0.2, 0.25) is 0 Å². The van der Waals surface area contributed by atoms with Crippen molar-refractivity contribution < 1.29 is 23.0 Å². The van der Waals surface area contributed by atoms with E-state index in [-0.39, 0.29) is 18.6 Å². The predicted molar refractivity (Wildman–Crippen MR) is 53.2 cm³/mol. The first-order valence-corrected chi connectivity index (χ1v) is 4.76. The van der Waals surface area contributed by atoms with Crippen molar-refractivity contribution in [3.05, 3.63) is 29.3 Å². The van der Waals surface area contributed by atoms with Crippen molar-refractivity contribution in [3.63, 3.8) is 0 Å². The summed E-state index contributed by atoms with van der Waals surface area (Å²) in [6.07, 6.45) is -0.161. The van der Waals surface area contributed by atoms with Gasteiger partial charge in [0.15, 0.2) is 17.4 Å². The Morgan fingerprint density at radius 1 is 1.31 bits per heavy atom. The van der Waals surface area contributed by atoms with E-state index in [9.17, 15) is 13.6 Å². The molecule has 0 saturated heterocycles. The van der Waals surface area contributed by atoms with Crippen LogP contribution in [0, 0.1) is 11.6 Å². The Labute approximate surface area is 92.0 Å². The van der Waals surface area contributed by atoms with Gasteiger partial charge in [-0.3, -0.25) is 4.79 Å². The third-order valence-corrected chi connectivity index (χ3v) is 1.92. The van der Waals surface area contributed by atoms with E-state index >= 15 is 0 Å². The van der Waals surface area contributed by atoms with Crippen LogP contribution in [0.25, 0.3) is 0 Å². The van der Waals surface area contributed by atoms with Crippen molar-refractivity contribution in [3.8, 4) is 5.75 Å². The fraction of sp³-hybridized carbons (Fsp3) is 0.364. The molecule has 1 aromatic rings. The zero-order chi connectivity index (χ0) is 12.1. The number of carbonyl (C=O) groups excluding carboxylic acids is 1. The van der Waals surface area contributed by atoms with E-state index in [4.69, 9.17) is 0 Å². The molecule has 16 heavy (non-hydrogen) atoms. The lowest BCUT2D eigenvalue weighted by molar-refractivity contribution is -0.142. The van der Waals surface area contributed by atoms with Crippen molar-refractivity contribution in [2.75, 3.05) is 13.7 Å². The molecule has 0 saturated carbocycles. The predicted octanol–water partition coefficient (Wildman–Crippen LogP) is 2.08. The highest BCUT2D eigenvalue weighted by molar-refractivity contribution is 5.72. The molecule has 1 rings (SSSR count). The van der Waals surface area contributed by atoms with Crippen LogP contribution in [0.3, 0.4) is 0 Å². The average Bonchev–Trinajstić information content (AvgIpc) is 2.17. The van der Waals surface area contributed by atoms with Gasteiger partial charge in [0.05, 0.1) is 20.1 Å². The second-order valence-corrected chi connectivity index (χ2v) is 3.07. The Kier molecular flexibility index (Phi) is 4.22. The number of hydrogen-bond acceptors (Lipinski definition) is 3. The van der Waals surface area contributed by atoms with Crippen LogP contribution in [0.5, 0.6) is 5.75 Å². The quantitative estimate of drug-likeness (QED) is 0.743. The maximum Gasteiger partial charge on any atom is 0.310 e. The van der Waals surface area contributed by atoms with E-state index in [1.54, 1.807) is 6.92 Å². The molecule has 0 fully saturated rings. The van der Waals surface area contributed by atoms with Gasteiger partial charge in [0.1, 0.15) is 0 Å². The molecule has 0 heterocycles. The standard InChI is InChI=1S/C11H12F2O3/c1-3-16-10(14)6-7-4-8(12)11(15-2)9(13)5-7/h4-5H,3,6H2,1-2H3. The first kappa shape index (κ1) is 12.4. The van der Waals surface area contributed by atoms with Gasteiger partial charge in [-0.25, -0.2) is 8.78 Å². The second-order valence-electron chi connectivity index (χ2n) is 3.07. The zero-order valence-electron chi connectivity index (χ0n) is 9.05. The summed E-state index contributed by atoms with van der Waals surface area (Å²) in [6.45, 7) is 1.90. The van der Waals surface area contributed by atoms with Gasteiger partial charge in [0.25, 0.3) is 0 Å². The maximum absolute atomic E-state index is 13.2. The number of rotatable bonds is 4. The lowest BCUT2D eigenvalue weighted by Crippen LogP contribution is -2.08. The third-order valence-electron chi connectivity index (χ3n) is 1.92. The minimum Gasteiger partial charge on any atom is -0.491 e. The van der Waals surface area contributed by atoms with E-state index in [1.165, 1.54) is 7.11 Å². The summed E-state index contributed by atoms with van der Waals surface area (Å²) in [7, 11) is 1.17. The molecule has 0 spiro atoms. The van der Waals surface area contributed by atoms with Gasteiger partial charge in [-0.1, -0.05) is 0 Å². The minimum absolute atomic E-state index is 0.161. The molecule has 0 aliphatic carbocycles. The molecule has 0 aliphatic rings. The Bertz CT molecular complexity index is 368. The van der Waals surface area contributed by atoms with Crippen LogP contribution < -0.4 is 4.74 Å². The van der Waals surface area contributed by atoms with E-state index in [0.29, 0.717) is 0 Å². The number of carbonyl (C=O) groups is 1. The average molecular weight is 230 g/mol. The number of ether oxygens (including phenoxy) is 2. The zero-order valence-corrected chi connectivity index (χ0v) is 9.05. The topological polar surface area (TPSA) is 35.5 Å². The minimum atomic E-state index is -0.832. The summed E-state index contributed by atoms with van der Waals surface area (Å²) >= 11 is 0. The van der Waals surface area contributed by atoms with Crippen LogP contribution in [0.4, 0.5) is 8.78 Å². The van der Waals surface area contributed by atoms with Gasteiger partial charge in [-0.2, -0.15) is 0 Å². The van der Waals surface area contributed by atoms with E-state index < -0.39 is 23.4 Å². The lowest BCUT2D eigenvalue weighted by Gasteiger charge is -2.06. The summed E-state index contributed by atoms with van der Waals surface area (Å²) in [5, 5.41) is 0. The Morgan fingerprint density at radius 3 is 2.31 bits per heavy atom. The van der Waals surface area contributed by atoms with Crippen molar-refractivity contribution in [2.45, 2.75) is 13.3 Å². The van der Waals surface area contributed by atoms with Crippen LogP contribution in [0.15, 0.2) is 12.1 Å².